The van der Waals surface area contributed by atoms with Gasteiger partial charge in [-0.3, -0.25) is 0 Å². The molecular formula is C15H24N2O2S2. The lowest BCUT2D eigenvalue weighted by atomic mass is 10.1. The summed E-state index contributed by atoms with van der Waals surface area (Å²) in [4.78, 5) is 0.527. The highest BCUT2D eigenvalue weighted by Gasteiger charge is 2.18. The van der Waals surface area contributed by atoms with Crippen LogP contribution in [0.4, 0.5) is 0 Å². The van der Waals surface area contributed by atoms with Crippen molar-refractivity contribution in [3.05, 3.63) is 29.3 Å². The van der Waals surface area contributed by atoms with Gasteiger partial charge in [0, 0.05) is 11.6 Å². The molecular weight excluding hydrogens is 304 g/mol. The van der Waals surface area contributed by atoms with Crippen LogP contribution in [0.5, 0.6) is 0 Å². The predicted octanol–water partition coefficient (Wildman–Crippen LogP) is 2.88. The number of nitrogens with two attached hydrogens (primary N) is 1. The molecule has 1 aromatic carbocycles. The third kappa shape index (κ3) is 5.37. The van der Waals surface area contributed by atoms with Crippen molar-refractivity contribution >= 4 is 27.2 Å². The summed E-state index contributed by atoms with van der Waals surface area (Å²) in [5.74, 6) is 0. The molecule has 0 heterocycles. The van der Waals surface area contributed by atoms with E-state index in [4.69, 9.17) is 18.0 Å². The molecule has 1 unspecified atom stereocenters. The van der Waals surface area contributed by atoms with Crippen LogP contribution < -0.4 is 10.5 Å². The monoisotopic (exact) mass is 328 g/mol. The first kappa shape index (κ1) is 18.1. The second-order valence-electron chi connectivity index (χ2n) is 5.36. The summed E-state index contributed by atoms with van der Waals surface area (Å²) in [6.07, 6.45) is 4.11. The molecule has 21 heavy (non-hydrogen) atoms. The Morgan fingerprint density at radius 3 is 2.57 bits per heavy atom. The third-order valence-corrected chi connectivity index (χ3v) is 5.18. The Hall–Kier alpha value is -0.980. The second kappa shape index (κ2) is 7.87. The van der Waals surface area contributed by atoms with Crippen LogP contribution >= 0.6 is 12.2 Å². The Morgan fingerprint density at radius 1 is 1.38 bits per heavy atom. The number of rotatable bonds is 8. The maximum Gasteiger partial charge on any atom is 0.240 e. The van der Waals surface area contributed by atoms with Crippen molar-refractivity contribution in [3.8, 4) is 0 Å². The maximum absolute atomic E-state index is 12.3. The summed E-state index contributed by atoms with van der Waals surface area (Å²) in [5, 5.41) is 0. The zero-order chi connectivity index (χ0) is 16.0. The summed E-state index contributed by atoms with van der Waals surface area (Å²) >= 11 is 4.93. The quantitative estimate of drug-likeness (QED) is 0.568. The fourth-order valence-electron chi connectivity index (χ4n) is 2.17. The highest BCUT2D eigenvalue weighted by atomic mass is 32.2. The van der Waals surface area contributed by atoms with E-state index in [2.05, 4.69) is 11.6 Å². The molecule has 0 aliphatic carbocycles. The van der Waals surface area contributed by atoms with Crippen molar-refractivity contribution in [1.29, 1.82) is 0 Å². The zero-order valence-electron chi connectivity index (χ0n) is 12.8. The second-order valence-corrected chi connectivity index (χ2v) is 7.51. The number of aryl methyl sites for hydroxylation is 1. The van der Waals surface area contributed by atoms with Crippen LogP contribution in [-0.2, 0) is 10.0 Å². The average Bonchev–Trinajstić information content (AvgIpc) is 2.37. The molecule has 1 aromatic rings. The lowest BCUT2D eigenvalue weighted by Crippen LogP contribution is -2.32. The Balaban J connectivity index is 2.83. The van der Waals surface area contributed by atoms with Crippen molar-refractivity contribution in [2.75, 3.05) is 0 Å². The summed E-state index contributed by atoms with van der Waals surface area (Å²) in [6.45, 7) is 5.82. The van der Waals surface area contributed by atoms with Crippen molar-refractivity contribution in [2.45, 2.75) is 57.4 Å². The Kier molecular flexibility index (Phi) is 6.77. The number of hydrogen-bond donors (Lipinski definition) is 2. The van der Waals surface area contributed by atoms with E-state index in [0.717, 1.165) is 31.2 Å². The maximum atomic E-state index is 12.3. The van der Waals surface area contributed by atoms with Gasteiger partial charge in [-0.15, -0.1) is 0 Å². The molecule has 6 heteroatoms. The van der Waals surface area contributed by atoms with E-state index in [9.17, 15) is 8.42 Å². The largest absolute Gasteiger partial charge is 0.389 e. The van der Waals surface area contributed by atoms with Crippen LogP contribution in [0.2, 0.25) is 0 Å². The molecule has 0 bridgehead atoms. The molecule has 0 saturated heterocycles. The highest BCUT2D eigenvalue weighted by molar-refractivity contribution is 7.89. The fourth-order valence-corrected chi connectivity index (χ4v) is 3.76. The summed E-state index contributed by atoms with van der Waals surface area (Å²) in [7, 11) is -3.50. The smallest absolute Gasteiger partial charge is 0.240 e. The number of sulfonamides is 1. The normalized spacial score (nSPS) is 13.1. The van der Waals surface area contributed by atoms with Crippen molar-refractivity contribution in [2.24, 2.45) is 5.73 Å². The van der Waals surface area contributed by atoms with Gasteiger partial charge in [-0.05, 0) is 38.0 Å². The predicted molar refractivity (Wildman–Crippen MR) is 91.0 cm³/mol. The van der Waals surface area contributed by atoms with Gasteiger partial charge in [0.15, 0.2) is 0 Å². The van der Waals surface area contributed by atoms with Gasteiger partial charge in [-0.2, -0.15) is 0 Å². The minimum absolute atomic E-state index is 0.0721. The lowest BCUT2D eigenvalue weighted by Gasteiger charge is -2.15. The van der Waals surface area contributed by atoms with E-state index >= 15 is 0 Å². The number of thiocarbonyl (C=S) groups is 1. The standard InChI is InChI=1S/C15H24N2O2S2/c1-4-5-6-7-12(3)17-21(18,19)13-8-9-14(15(16)20)11(2)10-13/h8-10,12,17H,4-7H2,1-3H3,(H2,16,20). The molecule has 118 valence electrons. The van der Waals surface area contributed by atoms with Gasteiger partial charge in [-0.25, -0.2) is 13.1 Å². The van der Waals surface area contributed by atoms with Crippen LogP contribution in [0.3, 0.4) is 0 Å². The summed E-state index contributed by atoms with van der Waals surface area (Å²) in [5.41, 5.74) is 7.06. The molecule has 0 fully saturated rings. The van der Waals surface area contributed by atoms with Gasteiger partial charge in [-0.1, -0.05) is 44.5 Å². The Morgan fingerprint density at radius 2 is 2.05 bits per heavy atom. The van der Waals surface area contributed by atoms with Crippen LogP contribution in [-0.4, -0.2) is 19.4 Å². The van der Waals surface area contributed by atoms with Crippen molar-refractivity contribution < 1.29 is 8.42 Å². The molecule has 1 atom stereocenters. The van der Waals surface area contributed by atoms with E-state index < -0.39 is 10.0 Å². The number of nitrogens with one attached hydrogen (secondary N) is 1. The van der Waals surface area contributed by atoms with Gasteiger partial charge in [0.2, 0.25) is 10.0 Å². The topological polar surface area (TPSA) is 72.2 Å². The summed E-state index contributed by atoms with van der Waals surface area (Å²) < 4.78 is 27.4. The van der Waals surface area contributed by atoms with Crippen molar-refractivity contribution in [1.82, 2.24) is 4.72 Å². The molecule has 0 aromatic heterocycles. The number of hydrogen-bond acceptors (Lipinski definition) is 3. The van der Waals surface area contributed by atoms with Gasteiger partial charge in [0.05, 0.1) is 4.90 Å². The molecule has 0 amide bonds. The zero-order valence-corrected chi connectivity index (χ0v) is 14.5. The number of benzene rings is 1. The summed E-state index contributed by atoms with van der Waals surface area (Å²) in [6, 6.07) is 4.74. The van der Waals surface area contributed by atoms with E-state index in [1.54, 1.807) is 25.1 Å². The lowest BCUT2D eigenvalue weighted by molar-refractivity contribution is 0.527. The van der Waals surface area contributed by atoms with Gasteiger partial charge < -0.3 is 5.73 Å². The Bertz CT molecular complexity index is 598. The fraction of sp³-hybridized carbons (Fsp3) is 0.533. The first-order chi connectivity index (χ1) is 9.77. The van der Waals surface area contributed by atoms with E-state index in [1.165, 1.54) is 0 Å². The molecule has 4 nitrogen and oxygen atoms in total. The first-order valence-corrected chi connectivity index (χ1v) is 9.10. The molecule has 0 saturated carbocycles. The SMILES string of the molecule is CCCCCC(C)NS(=O)(=O)c1ccc(C(N)=S)c(C)c1. The molecule has 1 rings (SSSR count). The van der Waals surface area contributed by atoms with E-state index in [-0.39, 0.29) is 15.9 Å². The highest BCUT2D eigenvalue weighted by Crippen LogP contribution is 2.16. The van der Waals surface area contributed by atoms with E-state index in [0.29, 0.717) is 5.56 Å². The van der Waals surface area contributed by atoms with Crippen LogP contribution in [0, 0.1) is 6.92 Å². The van der Waals surface area contributed by atoms with Gasteiger partial charge >= 0.3 is 0 Å². The molecule has 3 N–H and O–H groups in total. The molecule has 0 spiro atoms. The minimum Gasteiger partial charge on any atom is -0.389 e. The van der Waals surface area contributed by atoms with Crippen LogP contribution in [0.1, 0.15) is 50.7 Å². The average molecular weight is 329 g/mol. The molecule has 0 aliphatic heterocycles. The van der Waals surface area contributed by atoms with Crippen molar-refractivity contribution in [3.63, 3.8) is 0 Å². The van der Waals surface area contributed by atoms with Gasteiger partial charge in [0.25, 0.3) is 0 Å². The Labute approximate surface area is 133 Å². The molecule has 0 radical (unpaired) electrons. The van der Waals surface area contributed by atoms with E-state index in [1.807, 2.05) is 6.92 Å². The van der Waals surface area contributed by atoms with Crippen LogP contribution in [0.15, 0.2) is 23.1 Å². The first-order valence-electron chi connectivity index (χ1n) is 7.20. The number of unbranched alkanes of at least 4 members (excludes halogenated alkanes) is 2. The third-order valence-electron chi connectivity index (χ3n) is 3.37. The minimum atomic E-state index is -3.50. The van der Waals surface area contributed by atoms with Crippen LogP contribution in [0.25, 0.3) is 0 Å². The van der Waals surface area contributed by atoms with Gasteiger partial charge in [0.1, 0.15) is 4.99 Å². The molecule has 0 aliphatic rings.